The van der Waals surface area contributed by atoms with Crippen molar-refractivity contribution in [1.82, 2.24) is 5.32 Å². The van der Waals surface area contributed by atoms with Gasteiger partial charge in [0.2, 0.25) is 0 Å². The van der Waals surface area contributed by atoms with Crippen LogP contribution in [0, 0.1) is 0 Å². The normalized spacial score (nSPS) is 11.9. The lowest BCUT2D eigenvalue weighted by Crippen LogP contribution is -2.30. The van der Waals surface area contributed by atoms with Gasteiger partial charge in [-0.05, 0) is 36.1 Å². The van der Waals surface area contributed by atoms with E-state index in [1.54, 1.807) is 11.3 Å². The second kappa shape index (κ2) is 7.07. The second-order valence-electron chi connectivity index (χ2n) is 4.44. The summed E-state index contributed by atoms with van der Waals surface area (Å²) in [6.45, 7) is 2.42. The van der Waals surface area contributed by atoms with Crippen molar-refractivity contribution in [2.75, 3.05) is 6.61 Å². The molecule has 0 bridgehead atoms. The van der Waals surface area contributed by atoms with Crippen molar-refractivity contribution in [3.8, 4) is 5.75 Å². The van der Waals surface area contributed by atoms with Gasteiger partial charge in [-0.1, -0.05) is 18.2 Å². The van der Waals surface area contributed by atoms with Crippen LogP contribution in [-0.2, 0) is 11.3 Å². The molecule has 0 aliphatic carbocycles. The lowest BCUT2D eigenvalue weighted by atomic mass is 10.2. The Bertz CT molecular complexity index is 555. The highest BCUT2D eigenvalue weighted by Crippen LogP contribution is 2.18. The lowest BCUT2D eigenvalue weighted by Gasteiger charge is -2.13. The lowest BCUT2D eigenvalue weighted by molar-refractivity contribution is -0.123. The first-order valence-corrected chi connectivity index (χ1v) is 7.31. The van der Waals surface area contributed by atoms with Gasteiger partial charge in [0.25, 0.3) is 5.91 Å². The highest BCUT2D eigenvalue weighted by Gasteiger charge is 2.10. The van der Waals surface area contributed by atoms with Gasteiger partial charge >= 0.3 is 0 Å². The van der Waals surface area contributed by atoms with Gasteiger partial charge < -0.3 is 15.8 Å². The highest BCUT2D eigenvalue weighted by atomic mass is 32.1. The largest absolute Gasteiger partial charge is 0.484 e. The van der Waals surface area contributed by atoms with E-state index in [1.165, 1.54) is 0 Å². The number of rotatable bonds is 6. The second-order valence-corrected chi connectivity index (χ2v) is 5.42. The van der Waals surface area contributed by atoms with Crippen LogP contribution in [0.15, 0.2) is 41.8 Å². The summed E-state index contributed by atoms with van der Waals surface area (Å²) in [7, 11) is 0. The van der Waals surface area contributed by atoms with E-state index in [1.807, 2.05) is 48.7 Å². The number of benzene rings is 1. The topological polar surface area (TPSA) is 64.3 Å². The third kappa shape index (κ3) is 4.08. The van der Waals surface area contributed by atoms with E-state index in [4.69, 9.17) is 10.5 Å². The van der Waals surface area contributed by atoms with Crippen LogP contribution in [0.2, 0.25) is 0 Å². The molecular weight excluding hydrogens is 272 g/mol. The van der Waals surface area contributed by atoms with Gasteiger partial charge in [-0.15, -0.1) is 11.3 Å². The Morgan fingerprint density at radius 3 is 2.95 bits per heavy atom. The van der Waals surface area contributed by atoms with E-state index in [2.05, 4.69) is 5.32 Å². The molecule has 0 spiro atoms. The van der Waals surface area contributed by atoms with Gasteiger partial charge in [-0.2, -0.15) is 0 Å². The first-order valence-electron chi connectivity index (χ1n) is 6.43. The summed E-state index contributed by atoms with van der Waals surface area (Å²) in [5.41, 5.74) is 6.54. The van der Waals surface area contributed by atoms with Crippen molar-refractivity contribution in [2.45, 2.75) is 19.5 Å². The Balaban J connectivity index is 1.83. The molecule has 0 aliphatic rings. The van der Waals surface area contributed by atoms with Gasteiger partial charge in [-0.25, -0.2) is 0 Å². The van der Waals surface area contributed by atoms with E-state index in [9.17, 15) is 4.79 Å². The summed E-state index contributed by atoms with van der Waals surface area (Å²) < 4.78 is 5.46. The smallest absolute Gasteiger partial charge is 0.258 e. The highest BCUT2D eigenvalue weighted by molar-refractivity contribution is 7.10. The number of amides is 1. The van der Waals surface area contributed by atoms with Crippen molar-refractivity contribution >= 4 is 17.2 Å². The summed E-state index contributed by atoms with van der Waals surface area (Å²) in [6, 6.07) is 11.4. The minimum atomic E-state index is -0.135. The third-order valence-corrected chi connectivity index (χ3v) is 3.91. The molecule has 0 radical (unpaired) electrons. The maximum absolute atomic E-state index is 11.8. The van der Waals surface area contributed by atoms with Gasteiger partial charge in [0.1, 0.15) is 5.75 Å². The molecule has 5 heteroatoms. The van der Waals surface area contributed by atoms with Gasteiger partial charge in [0.05, 0.1) is 6.04 Å². The summed E-state index contributed by atoms with van der Waals surface area (Å²) in [5, 5.41) is 4.90. The maximum Gasteiger partial charge on any atom is 0.258 e. The zero-order valence-electron chi connectivity index (χ0n) is 11.3. The minimum absolute atomic E-state index is 0.00137. The molecule has 0 aliphatic heterocycles. The third-order valence-electron chi connectivity index (χ3n) is 2.85. The zero-order chi connectivity index (χ0) is 14.4. The summed E-state index contributed by atoms with van der Waals surface area (Å²) in [6.07, 6.45) is 0. The fraction of sp³-hybridized carbons (Fsp3) is 0.267. The number of ether oxygens (including phenoxy) is 1. The molecule has 0 fully saturated rings. The summed E-state index contributed by atoms with van der Waals surface area (Å²) in [5.74, 6) is 0.524. The predicted octanol–water partition coefficient (Wildman–Crippen LogP) is 2.46. The van der Waals surface area contributed by atoms with Crippen LogP contribution in [0.5, 0.6) is 5.75 Å². The molecule has 1 atom stereocenters. The molecule has 0 saturated carbocycles. The average molecular weight is 290 g/mol. The van der Waals surface area contributed by atoms with Gasteiger partial charge in [0, 0.05) is 11.4 Å². The monoisotopic (exact) mass is 290 g/mol. The molecule has 1 aromatic heterocycles. The predicted molar refractivity (Wildman–Crippen MR) is 80.7 cm³/mol. The van der Waals surface area contributed by atoms with Crippen LogP contribution in [0.4, 0.5) is 0 Å². The number of nitrogens with two attached hydrogens (primary N) is 1. The Morgan fingerprint density at radius 1 is 1.40 bits per heavy atom. The Kier molecular flexibility index (Phi) is 5.15. The molecule has 0 saturated heterocycles. The number of nitrogens with one attached hydrogen (secondary N) is 1. The van der Waals surface area contributed by atoms with E-state index >= 15 is 0 Å². The average Bonchev–Trinajstić information content (AvgIpc) is 2.99. The summed E-state index contributed by atoms with van der Waals surface area (Å²) >= 11 is 1.62. The maximum atomic E-state index is 11.8. The van der Waals surface area contributed by atoms with E-state index < -0.39 is 0 Å². The van der Waals surface area contributed by atoms with Gasteiger partial charge in [-0.3, -0.25) is 4.79 Å². The molecule has 1 unspecified atom stereocenters. The molecule has 4 nitrogen and oxygen atoms in total. The molecule has 20 heavy (non-hydrogen) atoms. The van der Waals surface area contributed by atoms with E-state index in [-0.39, 0.29) is 18.6 Å². The first-order chi connectivity index (χ1) is 9.69. The minimum Gasteiger partial charge on any atom is -0.484 e. The number of carbonyl (C=O) groups excluding carboxylic acids is 1. The molecule has 1 amide bonds. The van der Waals surface area contributed by atoms with Crippen LogP contribution in [0.1, 0.15) is 23.4 Å². The Hall–Kier alpha value is -1.85. The van der Waals surface area contributed by atoms with E-state index in [0.29, 0.717) is 12.3 Å². The van der Waals surface area contributed by atoms with Crippen LogP contribution in [0.25, 0.3) is 0 Å². The SMILES string of the molecule is CC(NC(=O)COc1cccc(CN)c1)c1cccs1. The quantitative estimate of drug-likeness (QED) is 0.859. The standard InChI is InChI=1S/C15H18N2O2S/c1-11(14-6-3-7-20-14)17-15(18)10-19-13-5-2-4-12(8-13)9-16/h2-8,11H,9-10,16H2,1H3,(H,17,18). The summed E-state index contributed by atoms with van der Waals surface area (Å²) in [4.78, 5) is 12.9. The number of thiophene rings is 1. The first kappa shape index (κ1) is 14.6. The van der Waals surface area contributed by atoms with Crippen LogP contribution in [-0.4, -0.2) is 12.5 Å². The fourth-order valence-electron chi connectivity index (χ4n) is 1.80. The molecule has 106 valence electrons. The van der Waals surface area contributed by atoms with Crippen molar-refractivity contribution in [3.63, 3.8) is 0 Å². The number of hydrogen-bond acceptors (Lipinski definition) is 4. The Labute approximate surface area is 122 Å². The van der Waals surface area contributed by atoms with Crippen molar-refractivity contribution < 1.29 is 9.53 Å². The van der Waals surface area contributed by atoms with Crippen LogP contribution in [0.3, 0.4) is 0 Å². The molecule has 2 rings (SSSR count). The van der Waals surface area contributed by atoms with Crippen LogP contribution < -0.4 is 15.8 Å². The fourth-order valence-corrected chi connectivity index (χ4v) is 2.54. The van der Waals surface area contributed by atoms with E-state index in [0.717, 1.165) is 10.4 Å². The molecule has 1 aromatic carbocycles. The molecule has 2 aromatic rings. The van der Waals surface area contributed by atoms with Crippen LogP contribution >= 0.6 is 11.3 Å². The van der Waals surface area contributed by atoms with Crippen molar-refractivity contribution in [3.05, 3.63) is 52.2 Å². The van der Waals surface area contributed by atoms with Crippen molar-refractivity contribution in [1.29, 1.82) is 0 Å². The molecule has 1 heterocycles. The Morgan fingerprint density at radius 2 is 2.25 bits per heavy atom. The van der Waals surface area contributed by atoms with Gasteiger partial charge in [0.15, 0.2) is 6.61 Å². The number of carbonyl (C=O) groups is 1. The van der Waals surface area contributed by atoms with Crippen molar-refractivity contribution in [2.24, 2.45) is 5.73 Å². The number of hydrogen-bond donors (Lipinski definition) is 2. The molecule has 3 N–H and O–H groups in total. The zero-order valence-corrected chi connectivity index (χ0v) is 12.2. The molecular formula is C15H18N2O2S.